The third kappa shape index (κ3) is 11.4. The van der Waals surface area contributed by atoms with Crippen LogP contribution < -0.4 is 11.2 Å². The molecule has 0 rings (SSSR count). The van der Waals surface area contributed by atoms with Crippen molar-refractivity contribution >= 4 is 51.6 Å². The SMILES string of the molecule is NC(=O)NOP(=O)(O)O.[CaH2]. The Morgan fingerprint density at radius 3 is 2.10 bits per heavy atom. The zero-order valence-electron chi connectivity index (χ0n) is 4.14. The van der Waals surface area contributed by atoms with Gasteiger partial charge >= 0.3 is 51.6 Å². The molecule has 0 aliphatic carbocycles. The molecule has 0 aromatic carbocycles. The molecule has 0 heterocycles. The summed E-state index contributed by atoms with van der Waals surface area (Å²) < 4.78 is 13.2. The standard InChI is InChI=1S/CH5N2O5P.Ca.2H/c2-1(4)3-8-9(5,6)7;;;/h(H3,2,3,4)(H2,5,6,7);;;. The molecule has 5 N–H and O–H groups in total. The van der Waals surface area contributed by atoms with E-state index in [-0.39, 0.29) is 37.7 Å². The van der Waals surface area contributed by atoms with Crippen molar-refractivity contribution in [3.63, 3.8) is 0 Å². The van der Waals surface area contributed by atoms with Crippen LogP contribution in [0.2, 0.25) is 0 Å². The summed E-state index contributed by atoms with van der Waals surface area (Å²) in [7, 11) is -4.63. The number of hydrogen-bond donors (Lipinski definition) is 4. The minimum absolute atomic E-state index is 0. The van der Waals surface area contributed by atoms with Crippen LogP contribution in [0.5, 0.6) is 0 Å². The Balaban J connectivity index is 0. The molecule has 7 nitrogen and oxygen atoms in total. The molecule has 0 fully saturated rings. The molecule has 2 amide bonds. The van der Waals surface area contributed by atoms with Crippen LogP contribution in [0, 0.1) is 0 Å². The van der Waals surface area contributed by atoms with Crippen LogP contribution in [0.3, 0.4) is 0 Å². The van der Waals surface area contributed by atoms with Crippen molar-refractivity contribution in [2.75, 3.05) is 0 Å². The molecule has 0 radical (unpaired) electrons. The molecule has 0 unspecified atom stereocenters. The molecule has 9 heteroatoms. The van der Waals surface area contributed by atoms with Gasteiger partial charge in [-0.25, -0.2) is 14.8 Å². The van der Waals surface area contributed by atoms with Crippen LogP contribution in [-0.4, -0.2) is 53.6 Å². The first-order valence-electron chi connectivity index (χ1n) is 1.71. The maximum absolute atomic E-state index is 9.74. The average molecular weight is 198 g/mol. The van der Waals surface area contributed by atoms with E-state index in [0.717, 1.165) is 0 Å². The summed E-state index contributed by atoms with van der Waals surface area (Å²) in [6, 6.07) is -1.17. The molecule has 58 valence electrons. The minimum atomic E-state index is -4.63. The summed E-state index contributed by atoms with van der Waals surface area (Å²) in [6.45, 7) is 0. The van der Waals surface area contributed by atoms with Gasteiger partial charge in [-0.15, -0.1) is 0 Å². The molecule has 0 aliphatic rings. The van der Waals surface area contributed by atoms with Gasteiger partial charge in [-0.3, -0.25) is 0 Å². The number of urea groups is 1. The van der Waals surface area contributed by atoms with E-state index in [1.165, 1.54) is 5.48 Å². The number of hydrogen-bond acceptors (Lipinski definition) is 3. The van der Waals surface area contributed by atoms with Crippen molar-refractivity contribution in [2.24, 2.45) is 5.73 Å². The van der Waals surface area contributed by atoms with Gasteiger partial charge < -0.3 is 15.5 Å². The zero-order chi connectivity index (χ0) is 7.49. The molecule has 10 heavy (non-hydrogen) atoms. The van der Waals surface area contributed by atoms with Crippen LogP contribution in [-0.2, 0) is 9.19 Å². The Kier molecular flexibility index (Phi) is 7.03. The van der Waals surface area contributed by atoms with Crippen LogP contribution in [0.4, 0.5) is 4.79 Å². The molecule has 0 atom stereocenters. The normalized spacial score (nSPS) is 9.80. The van der Waals surface area contributed by atoms with Crippen molar-refractivity contribution < 1.29 is 23.8 Å². The number of carbonyl (C=O) groups is 1. The summed E-state index contributed by atoms with van der Waals surface area (Å²) in [4.78, 5) is 25.5. The molecule has 0 spiro atoms. The third-order valence-corrected chi connectivity index (χ3v) is 0.594. The van der Waals surface area contributed by atoms with Crippen molar-refractivity contribution in [3.8, 4) is 0 Å². The summed E-state index contributed by atoms with van der Waals surface area (Å²) in [5.41, 5.74) is 5.64. The Hall–Kier alpha value is 0.640. The van der Waals surface area contributed by atoms with Crippen molar-refractivity contribution in [3.05, 3.63) is 0 Å². The molecule has 0 aromatic rings. The van der Waals surface area contributed by atoms with Gasteiger partial charge in [0.2, 0.25) is 0 Å². The van der Waals surface area contributed by atoms with E-state index >= 15 is 0 Å². The van der Waals surface area contributed by atoms with Crippen LogP contribution in [0.1, 0.15) is 0 Å². The second-order valence-corrected chi connectivity index (χ2v) is 2.21. The van der Waals surface area contributed by atoms with Gasteiger partial charge in [-0.05, 0) is 0 Å². The summed E-state index contributed by atoms with van der Waals surface area (Å²) in [6.07, 6.45) is 0. The maximum atomic E-state index is 9.74. The van der Waals surface area contributed by atoms with Crippen molar-refractivity contribution in [1.82, 2.24) is 5.48 Å². The number of phosphoric acid groups is 1. The number of hydroxylamine groups is 1. The zero-order valence-corrected chi connectivity index (χ0v) is 5.04. The number of nitrogens with two attached hydrogens (primary N) is 1. The molecule has 0 saturated heterocycles. The molecule has 0 bridgehead atoms. The fourth-order valence-electron chi connectivity index (χ4n) is 0.104. The average Bonchev–Trinajstić information content (AvgIpc) is 1.59. The van der Waals surface area contributed by atoms with Gasteiger partial charge in [0, 0.05) is 0 Å². The fraction of sp³-hybridized carbons (Fsp3) is 0. The van der Waals surface area contributed by atoms with Gasteiger partial charge in [0.1, 0.15) is 0 Å². The van der Waals surface area contributed by atoms with E-state index in [9.17, 15) is 9.36 Å². The first kappa shape index (κ1) is 13.2. The van der Waals surface area contributed by atoms with E-state index in [4.69, 9.17) is 9.79 Å². The summed E-state index contributed by atoms with van der Waals surface area (Å²) in [5.74, 6) is 0. The quantitative estimate of drug-likeness (QED) is 0.227. The van der Waals surface area contributed by atoms with E-state index in [1.54, 1.807) is 0 Å². The van der Waals surface area contributed by atoms with E-state index in [1.807, 2.05) is 0 Å². The molecule has 0 saturated carbocycles. The van der Waals surface area contributed by atoms with Gasteiger partial charge in [0.25, 0.3) is 0 Å². The molecule has 0 aromatic heterocycles. The number of rotatable bonds is 2. The van der Waals surface area contributed by atoms with Gasteiger partial charge in [0.15, 0.2) is 0 Å². The second-order valence-electron chi connectivity index (χ2n) is 1.05. The third-order valence-electron chi connectivity index (χ3n) is 0.265. The Morgan fingerprint density at radius 1 is 1.60 bits per heavy atom. The predicted octanol–water partition coefficient (Wildman–Crippen LogP) is -2.24. The molecule has 0 aliphatic heterocycles. The van der Waals surface area contributed by atoms with Crippen LogP contribution >= 0.6 is 7.82 Å². The first-order valence-corrected chi connectivity index (χ1v) is 3.24. The second kappa shape index (κ2) is 5.31. The number of carbonyl (C=O) groups excluding carboxylic acids is 1. The van der Waals surface area contributed by atoms with E-state index in [0.29, 0.717) is 0 Å². The van der Waals surface area contributed by atoms with Gasteiger partial charge in [0.05, 0.1) is 0 Å². The summed E-state index contributed by atoms with van der Waals surface area (Å²) >= 11 is 0. The predicted molar refractivity (Wildman–Crippen MR) is 34.4 cm³/mol. The van der Waals surface area contributed by atoms with Gasteiger partial charge in [-0.2, -0.15) is 4.62 Å². The fourth-order valence-corrected chi connectivity index (χ4v) is 0.313. The monoisotopic (exact) mass is 198 g/mol. The van der Waals surface area contributed by atoms with Gasteiger partial charge in [-0.1, -0.05) is 0 Å². The topological polar surface area (TPSA) is 122 Å². The number of amides is 2. The summed E-state index contributed by atoms with van der Waals surface area (Å²) in [5, 5.41) is 0. The Bertz CT molecular complexity index is 154. The van der Waals surface area contributed by atoms with E-state index in [2.05, 4.69) is 10.4 Å². The van der Waals surface area contributed by atoms with E-state index < -0.39 is 13.9 Å². The Labute approximate surface area is 86.1 Å². The first-order chi connectivity index (χ1) is 3.92. The van der Waals surface area contributed by atoms with Crippen LogP contribution in [0.15, 0.2) is 0 Å². The van der Waals surface area contributed by atoms with Crippen LogP contribution in [0.25, 0.3) is 0 Å². The van der Waals surface area contributed by atoms with Crippen molar-refractivity contribution in [1.29, 1.82) is 0 Å². The number of primary amides is 1. The Morgan fingerprint density at radius 2 is 2.00 bits per heavy atom. The van der Waals surface area contributed by atoms with Crippen molar-refractivity contribution in [2.45, 2.75) is 0 Å². The number of nitrogens with one attached hydrogen (secondary N) is 1. The molecular formula is CH7CaN2O5P. The molecular weight excluding hydrogens is 191 g/mol.